The van der Waals surface area contributed by atoms with Crippen LogP contribution in [0, 0.1) is 0 Å². The van der Waals surface area contributed by atoms with Crippen LogP contribution < -0.4 is 11.1 Å². The van der Waals surface area contributed by atoms with Crippen LogP contribution in [0.15, 0.2) is 12.3 Å². The van der Waals surface area contributed by atoms with Crippen LogP contribution in [0.3, 0.4) is 0 Å². The molecular weight excluding hydrogens is 274 g/mol. The zero-order valence-electron chi connectivity index (χ0n) is 11.7. The largest absolute Gasteiger partial charge is 0.462 e. The summed E-state index contributed by atoms with van der Waals surface area (Å²) in [5.74, 6) is 1.39. The van der Waals surface area contributed by atoms with E-state index >= 15 is 0 Å². The van der Waals surface area contributed by atoms with E-state index in [2.05, 4.69) is 10.3 Å². The molecule has 0 aromatic carbocycles. The number of aromatic nitrogens is 1. The highest BCUT2D eigenvalue weighted by molar-refractivity contribution is 7.99. The van der Waals surface area contributed by atoms with Crippen molar-refractivity contribution in [2.75, 3.05) is 30.0 Å². The average Bonchev–Trinajstić information content (AvgIpc) is 2.47. The lowest BCUT2D eigenvalue weighted by molar-refractivity contribution is 0.0527. The standard InChI is InChI=1S/C14H21N3O2S/c1-2-19-14(18)12-7-10(15)8-16-13(12)17-9-11-5-3-4-6-20-11/h7-8,11H,2-6,9,15H2,1H3,(H,16,17). The second kappa shape index (κ2) is 7.38. The first kappa shape index (κ1) is 15.0. The number of carbonyl (C=O) groups excluding carboxylic acids is 1. The quantitative estimate of drug-likeness (QED) is 0.813. The van der Waals surface area contributed by atoms with Crippen molar-refractivity contribution < 1.29 is 9.53 Å². The summed E-state index contributed by atoms with van der Waals surface area (Å²) in [5, 5.41) is 3.84. The summed E-state index contributed by atoms with van der Waals surface area (Å²) < 4.78 is 5.04. The van der Waals surface area contributed by atoms with Gasteiger partial charge in [-0.3, -0.25) is 0 Å². The molecule has 1 aliphatic heterocycles. The molecule has 0 radical (unpaired) electrons. The number of hydrogen-bond acceptors (Lipinski definition) is 6. The molecule has 0 saturated carbocycles. The van der Waals surface area contributed by atoms with Gasteiger partial charge in [0.15, 0.2) is 0 Å². The SMILES string of the molecule is CCOC(=O)c1cc(N)cnc1NCC1CCCCS1. The number of thioether (sulfide) groups is 1. The highest BCUT2D eigenvalue weighted by atomic mass is 32.2. The number of esters is 1. The predicted octanol–water partition coefficient (Wildman–Crippen LogP) is 2.54. The van der Waals surface area contributed by atoms with Gasteiger partial charge in [0.05, 0.1) is 18.5 Å². The zero-order valence-corrected chi connectivity index (χ0v) is 12.5. The zero-order chi connectivity index (χ0) is 14.4. The molecule has 5 nitrogen and oxygen atoms in total. The van der Waals surface area contributed by atoms with Gasteiger partial charge in [0, 0.05) is 11.8 Å². The summed E-state index contributed by atoms with van der Waals surface area (Å²) in [6.45, 7) is 2.93. The molecule has 1 aromatic heterocycles. The van der Waals surface area contributed by atoms with Crippen LogP contribution >= 0.6 is 11.8 Å². The van der Waals surface area contributed by atoms with E-state index < -0.39 is 0 Å². The maximum absolute atomic E-state index is 11.9. The number of anilines is 2. The van der Waals surface area contributed by atoms with Gasteiger partial charge >= 0.3 is 5.97 Å². The minimum absolute atomic E-state index is 0.339. The summed E-state index contributed by atoms with van der Waals surface area (Å²) in [7, 11) is 0. The van der Waals surface area contributed by atoms with Gasteiger partial charge in [0.25, 0.3) is 0 Å². The molecule has 110 valence electrons. The van der Waals surface area contributed by atoms with Crippen LogP contribution in [0.1, 0.15) is 36.5 Å². The molecule has 20 heavy (non-hydrogen) atoms. The molecule has 0 amide bonds. The molecule has 2 rings (SSSR count). The van der Waals surface area contributed by atoms with Gasteiger partial charge in [-0.25, -0.2) is 9.78 Å². The monoisotopic (exact) mass is 295 g/mol. The fraction of sp³-hybridized carbons (Fsp3) is 0.571. The van der Waals surface area contributed by atoms with Crippen molar-refractivity contribution in [2.24, 2.45) is 0 Å². The number of nitrogen functional groups attached to an aromatic ring is 1. The summed E-state index contributed by atoms with van der Waals surface area (Å²) in [4.78, 5) is 16.1. The second-order valence-corrected chi connectivity index (χ2v) is 6.16. The van der Waals surface area contributed by atoms with Crippen LogP contribution in [-0.4, -0.2) is 35.1 Å². The number of nitrogens with two attached hydrogens (primary N) is 1. The second-order valence-electron chi connectivity index (χ2n) is 4.75. The van der Waals surface area contributed by atoms with Crippen molar-refractivity contribution in [2.45, 2.75) is 31.4 Å². The van der Waals surface area contributed by atoms with Crippen molar-refractivity contribution in [3.8, 4) is 0 Å². The number of carbonyl (C=O) groups is 1. The lowest BCUT2D eigenvalue weighted by Gasteiger charge is -2.22. The summed E-state index contributed by atoms with van der Waals surface area (Å²) in [5.41, 5.74) is 6.57. The molecule has 0 spiro atoms. The maximum Gasteiger partial charge on any atom is 0.341 e. The Bertz CT molecular complexity index is 462. The Morgan fingerprint density at radius 3 is 3.15 bits per heavy atom. The van der Waals surface area contributed by atoms with Crippen molar-refractivity contribution in [1.29, 1.82) is 0 Å². The molecular formula is C14H21N3O2S. The van der Waals surface area contributed by atoms with Crippen molar-refractivity contribution in [3.63, 3.8) is 0 Å². The number of nitrogens with one attached hydrogen (secondary N) is 1. The summed E-state index contributed by atoms with van der Waals surface area (Å²) in [6, 6.07) is 1.61. The highest BCUT2D eigenvalue weighted by Crippen LogP contribution is 2.26. The summed E-state index contributed by atoms with van der Waals surface area (Å²) in [6.07, 6.45) is 5.34. The number of hydrogen-bond donors (Lipinski definition) is 2. The fourth-order valence-electron chi connectivity index (χ4n) is 2.17. The van der Waals surface area contributed by atoms with E-state index in [1.165, 1.54) is 25.0 Å². The first-order valence-electron chi connectivity index (χ1n) is 6.98. The van der Waals surface area contributed by atoms with Gasteiger partial charge in [0.2, 0.25) is 0 Å². The van der Waals surface area contributed by atoms with Crippen LogP contribution in [-0.2, 0) is 4.74 Å². The molecule has 6 heteroatoms. The van der Waals surface area contributed by atoms with Gasteiger partial charge in [-0.05, 0) is 31.6 Å². The van der Waals surface area contributed by atoms with Gasteiger partial charge < -0.3 is 15.8 Å². The first-order chi connectivity index (χ1) is 9.70. The molecule has 1 atom stereocenters. The molecule has 1 unspecified atom stereocenters. The molecule has 1 fully saturated rings. The normalized spacial score (nSPS) is 18.6. The van der Waals surface area contributed by atoms with Crippen LogP contribution in [0.5, 0.6) is 0 Å². The third-order valence-corrected chi connectivity index (χ3v) is 4.57. The smallest absolute Gasteiger partial charge is 0.341 e. The van der Waals surface area contributed by atoms with E-state index in [0.717, 1.165) is 6.54 Å². The van der Waals surface area contributed by atoms with Crippen LogP contribution in [0.2, 0.25) is 0 Å². The number of rotatable bonds is 5. The van der Waals surface area contributed by atoms with Crippen molar-refractivity contribution >= 4 is 29.2 Å². The van der Waals surface area contributed by atoms with Gasteiger partial charge in [-0.15, -0.1) is 0 Å². The van der Waals surface area contributed by atoms with E-state index in [1.54, 1.807) is 19.2 Å². The summed E-state index contributed by atoms with van der Waals surface area (Å²) >= 11 is 1.98. The molecule has 1 aromatic rings. The average molecular weight is 295 g/mol. The van der Waals surface area contributed by atoms with E-state index in [-0.39, 0.29) is 5.97 Å². The minimum atomic E-state index is -0.383. The highest BCUT2D eigenvalue weighted by Gasteiger charge is 2.17. The van der Waals surface area contributed by atoms with Crippen LogP contribution in [0.25, 0.3) is 0 Å². The number of nitrogens with zero attached hydrogens (tertiary/aromatic N) is 1. The Labute approximate surface area is 123 Å². The molecule has 0 bridgehead atoms. The Balaban J connectivity index is 2.03. The van der Waals surface area contributed by atoms with E-state index in [9.17, 15) is 4.79 Å². The number of ether oxygens (including phenoxy) is 1. The minimum Gasteiger partial charge on any atom is -0.462 e. The van der Waals surface area contributed by atoms with Crippen molar-refractivity contribution in [1.82, 2.24) is 4.98 Å². The lowest BCUT2D eigenvalue weighted by atomic mass is 10.2. The van der Waals surface area contributed by atoms with Gasteiger partial charge in [-0.2, -0.15) is 11.8 Å². The van der Waals surface area contributed by atoms with Gasteiger partial charge in [-0.1, -0.05) is 6.42 Å². The first-order valence-corrected chi connectivity index (χ1v) is 8.03. The van der Waals surface area contributed by atoms with Gasteiger partial charge in [0.1, 0.15) is 11.4 Å². The lowest BCUT2D eigenvalue weighted by Crippen LogP contribution is -2.22. The molecule has 1 saturated heterocycles. The third-order valence-electron chi connectivity index (χ3n) is 3.18. The Morgan fingerprint density at radius 1 is 1.60 bits per heavy atom. The Hall–Kier alpha value is -1.43. The molecule has 1 aliphatic rings. The third kappa shape index (κ3) is 4.03. The van der Waals surface area contributed by atoms with Crippen LogP contribution in [0.4, 0.5) is 11.5 Å². The fourth-order valence-corrected chi connectivity index (χ4v) is 3.40. The topological polar surface area (TPSA) is 77.2 Å². The molecule has 0 aliphatic carbocycles. The van der Waals surface area contributed by atoms with Crippen molar-refractivity contribution in [3.05, 3.63) is 17.8 Å². The Morgan fingerprint density at radius 2 is 2.45 bits per heavy atom. The maximum atomic E-state index is 11.9. The van der Waals surface area contributed by atoms with E-state index in [0.29, 0.717) is 28.9 Å². The number of pyridine rings is 1. The Kier molecular flexibility index (Phi) is 5.52. The predicted molar refractivity (Wildman–Crippen MR) is 83.2 cm³/mol. The van der Waals surface area contributed by atoms with E-state index in [4.69, 9.17) is 10.5 Å². The molecule has 2 heterocycles. The van der Waals surface area contributed by atoms with E-state index in [1.807, 2.05) is 11.8 Å². The molecule has 3 N–H and O–H groups in total.